The van der Waals surface area contributed by atoms with E-state index in [-0.39, 0.29) is 5.69 Å². The number of halogens is 1. The summed E-state index contributed by atoms with van der Waals surface area (Å²) >= 11 is 0. The molecule has 0 fully saturated rings. The van der Waals surface area contributed by atoms with Gasteiger partial charge in [-0.05, 0) is 12.1 Å². The van der Waals surface area contributed by atoms with Gasteiger partial charge in [0, 0.05) is 0 Å². The van der Waals surface area contributed by atoms with Gasteiger partial charge < -0.3 is 10.2 Å². The Hall–Kier alpha value is -3.13. The number of phenols is 1. The molecular weight excluding hydrogens is 243 g/mol. The molecule has 0 radical (unpaired) electrons. The summed E-state index contributed by atoms with van der Waals surface area (Å²) in [7, 11) is 0. The standard InChI is InChI=1S/C10H5FN4O3/c11-6-1-2-7(9(16)8(6)10(17)18)15-14-5(3-12)4-13/h1-2,15-16H,(H,17,18). The Morgan fingerprint density at radius 1 is 1.39 bits per heavy atom. The van der Waals surface area contributed by atoms with Crippen LogP contribution < -0.4 is 5.43 Å². The number of aromatic carboxylic acids is 1. The number of nitriles is 2. The van der Waals surface area contributed by atoms with Crippen LogP contribution in [-0.4, -0.2) is 21.9 Å². The minimum atomic E-state index is -1.65. The van der Waals surface area contributed by atoms with E-state index in [1.165, 1.54) is 12.1 Å². The second-order valence-electron chi connectivity index (χ2n) is 2.92. The van der Waals surface area contributed by atoms with E-state index in [4.69, 9.17) is 15.6 Å². The highest BCUT2D eigenvalue weighted by atomic mass is 19.1. The van der Waals surface area contributed by atoms with E-state index < -0.39 is 28.8 Å². The molecule has 0 spiro atoms. The normalized spacial score (nSPS) is 8.83. The Balaban J connectivity index is 3.19. The van der Waals surface area contributed by atoms with E-state index in [1.807, 2.05) is 0 Å². The molecule has 7 nitrogen and oxygen atoms in total. The molecule has 1 aromatic carbocycles. The number of carbonyl (C=O) groups is 1. The van der Waals surface area contributed by atoms with Gasteiger partial charge in [0.05, 0.1) is 5.69 Å². The average Bonchev–Trinajstić information content (AvgIpc) is 2.32. The number of hydrogen-bond donors (Lipinski definition) is 3. The van der Waals surface area contributed by atoms with E-state index in [0.29, 0.717) is 0 Å². The second kappa shape index (κ2) is 5.27. The van der Waals surface area contributed by atoms with Crippen molar-refractivity contribution in [3.8, 4) is 17.9 Å². The summed E-state index contributed by atoms with van der Waals surface area (Å²) < 4.78 is 13.1. The molecule has 0 amide bonds. The van der Waals surface area contributed by atoms with Gasteiger partial charge in [-0.1, -0.05) is 0 Å². The average molecular weight is 248 g/mol. The summed E-state index contributed by atoms with van der Waals surface area (Å²) in [6, 6.07) is 4.71. The predicted octanol–water partition coefficient (Wildman–Crippen LogP) is 1.04. The predicted molar refractivity (Wildman–Crippen MR) is 57.3 cm³/mol. The van der Waals surface area contributed by atoms with Crippen LogP contribution in [0.15, 0.2) is 17.2 Å². The minimum Gasteiger partial charge on any atom is -0.505 e. The van der Waals surface area contributed by atoms with Crippen LogP contribution in [0.1, 0.15) is 10.4 Å². The number of hydrogen-bond acceptors (Lipinski definition) is 6. The van der Waals surface area contributed by atoms with Crippen molar-refractivity contribution < 1.29 is 19.4 Å². The monoisotopic (exact) mass is 248 g/mol. The van der Waals surface area contributed by atoms with Crippen molar-refractivity contribution in [1.29, 1.82) is 10.5 Å². The Labute approximate surface area is 100 Å². The van der Waals surface area contributed by atoms with E-state index in [1.54, 1.807) is 0 Å². The van der Waals surface area contributed by atoms with Crippen LogP contribution in [0, 0.1) is 28.5 Å². The van der Waals surface area contributed by atoms with Crippen LogP contribution in [0.2, 0.25) is 0 Å². The highest BCUT2D eigenvalue weighted by Crippen LogP contribution is 2.29. The van der Waals surface area contributed by atoms with Gasteiger partial charge in [0.1, 0.15) is 23.5 Å². The number of hydrazone groups is 1. The summed E-state index contributed by atoms with van der Waals surface area (Å²) in [5, 5.41) is 38.2. The van der Waals surface area contributed by atoms with Crippen molar-refractivity contribution in [1.82, 2.24) is 0 Å². The van der Waals surface area contributed by atoms with Crippen molar-refractivity contribution in [2.24, 2.45) is 5.10 Å². The number of benzene rings is 1. The fourth-order valence-corrected chi connectivity index (χ4v) is 1.05. The maximum Gasteiger partial charge on any atom is 0.342 e. The summed E-state index contributed by atoms with van der Waals surface area (Å²) in [5.41, 5.74) is 0.404. The van der Waals surface area contributed by atoms with Crippen molar-refractivity contribution in [3.05, 3.63) is 23.5 Å². The maximum absolute atomic E-state index is 13.1. The van der Waals surface area contributed by atoms with E-state index in [0.717, 1.165) is 12.1 Å². The molecule has 0 heterocycles. The molecule has 0 aromatic heterocycles. The molecule has 18 heavy (non-hydrogen) atoms. The number of aromatic hydroxyl groups is 1. The molecule has 0 atom stereocenters. The number of nitrogens with zero attached hydrogens (tertiary/aromatic N) is 3. The first kappa shape index (κ1) is 12.9. The van der Waals surface area contributed by atoms with Crippen molar-refractivity contribution in [3.63, 3.8) is 0 Å². The van der Waals surface area contributed by atoms with Gasteiger partial charge in [0.25, 0.3) is 0 Å². The molecule has 90 valence electrons. The lowest BCUT2D eigenvalue weighted by Crippen LogP contribution is -2.04. The zero-order valence-corrected chi connectivity index (χ0v) is 8.68. The summed E-state index contributed by atoms with van der Waals surface area (Å²) in [5.74, 6) is -3.64. The number of nitrogens with one attached hydrogen (secondary N) is 1. The van der Waals surface area contributed by atoms with Crippen LogP contribution in [-0.2, 0) is 0 Å². The minimum absolute atomic E-state index is 0.239. The number of carboxylic acids is 1. The van der Waals surface area contributed by atoms with E-state index >= 15 is 0 Å². The van der Waals surface area contributed by atoms with Crippen LogP contribution in [0.3, 0.4) is 0 Å². The van der Waals surface area contributed by atoms with Gasteiger partial charge in [-0.15, -0.1) is 0 Å². The molecule has 0 bridgehead atoms. The smallest absolute Gasteiger partial charge is 0.342 e. The van der Waals surface area contributed by atoms with Crippen molar-refractivity contribution in [2.45, 2.75) is 0 Å². The molecule has 0 saturated heterocycles. The maximum atomic E-state index is 13.1. The SMILES string of the molecule is N#CC(C#N)=NNc1ccc(F)c(C(=O)O)c1O. The number of anilines is 1. The zero-order chi connectivity index (χ0) is 13.7. The Morgan fingerprint density at radius 2 is 2.00 bits per heavy atom. The Bertz CT molecular complexity index is 597. The van der Waals surface area contributed by atoms with E-state index in [9.17, 15) is 14.3 Å². The molecule has 1 rings (SSSR count). The fourth-order valence-electron chi connectivity index (χ4n) is 1.05. The van der Waals surface area contributed by atoms with Gasteiger partial charge in [-0.25, -0.2) is 9.18 Å². The summed E-state index contributed by atoms with van der Waals surface area (Å²) in [6.07, 6.45) is 0. The molecule has 0 aliphatic carbocycles. The third-order valence-electron chi connectivity index (χ3n) is 1.84. The summed E-state index contributed by atoms with van der Waals surface area (Å²) in [6.45, 7) is 0. The first-order valence-electron chi connectivity index (χ1n) is 4.40. The fraction of sp³-hybridized carbons (Fsp3) is 0. The molecule has 0 saturated carbocycles. The molecule has 3 N–H and O–H groups in total. The molecule has 0 aliphatic rings. The number of carboxylic acid groups (broad SMARTS) is 1. The Morgan fingerprint density at radius 3 is 2.50 bits per heavy atom. The first-order valence-corrected chi connectivity index (χ1v) is 4.40. The molecule has 8 heteroatoms. The molecular formula is C10H5FN4O3. The van der Waals surface area contributed by atoms with Crippen LogP contribution in [0.5, 0.6) is 5.75 Å². The Kier molecular flexibility index (Phi) is 3.79. The molecule has 0 aliphatic heterocycles. The lowest BCUT2D eigenvalue weighted by atomic mass is 10.1. The van der Waals surface area contributed by atoms with Gasteiger partial charge in [0.15, 0.2) is 5.75 Å². The van der Waals surface area contributed by atoms with Crippen LogP contribution >= 0.6 is 0 Å². The first-order chi connectivity index (χ1) is 8.51. The lowest BCUT2D eigenvalue weighted by molar-refractivity contribution is 0.0688. The van der Waals surface area contributed by atoms with E-state index in [2.05, 4.69) is 10.5 Å². The molecule has 1 aromatic rings. The van der Waals surface area contributed by atoms with Gasteiger partial charge in [-0.2, -0.15) is 15.6 Å². The number of rotatable bonds is 3. The van der Waals surface area contributed by atoms with Crippen molar-refractivity contribution >= 4 is 17.4 Å². The third-order valence-corrected chi connectivity index (χ3v) is 1.84. The van der Waals surface area contributed by atoms with Crippen LogP contribution in [0.25, 0.3) is 0 Å². The highest BCUT2D eigenvalue weighted by Gasteiger charge is 2.18. The lowest BCUT2D eigenvalue weighted by Gasteiger charge is -2.06. The van der Waals surface area contributed by atoms with Crippen LogP contribution in [0.4, 0.5) is 10.1 Å². The van der Waals surface area contributed by atoms with Gasteiger partial charge in [-0.3, -0.25) is 5.43 Å². The largest absolute Gasteiger partial charge is 0.505 e. The zero-order valence-electron chi connectivity index (χ0n) is 8.68. The topological polar surface area (TPSA) is 130 Å². The molecule has 0 unspecified atom stereocenters. The highest BCUT2D eigenvalue weighted by molar-refractivity contribution is 6.10. The summed E-state index contributed by atoms with van der Waals surface area (Å²) in [4.78, 5) is 10.7. The third kappa shape index (κ3) is 2.51. The van der Waals surface area contributed by atoms with Gasteiger partial charge >= 0.3 is 5.97 Å². The van der Waals surface area contributed by atoms with Crippen molar-refractivity contribution in [2.75, 3.05) is 5.43 Å². The second-order valence-corrected chi connectivity index (χ2v) is 2.92. The quantitative estimate of drug-likeness (QED) is 0.416. The van der Waals surface area contributed by atoms with Gasteiger partial charge in [0.2, 0.25) is 5.71 Å².